The molecule has 21 heavy (non-hydrogen) atoms. The zero-order chi connectivity index (χ0) is 14.2. The lowest BCUT2D eigenvalue weighted by molar-refractivity contribution is -0.137. The van der Waals surface area contributed by atoms with Crippen LogP contribution in [0.3, 0.4) is 0 Å². The largest absolute Gasteiger partial charge is 0.486 e. The van der Waals surface area contributed by atoms with Crippen molar-refractivity contribution in [1.82, 2.24) is 9.88 Å². The number of carbonyl (C=O) groups is 1. The highest BCUT2D eigenvalue weighted by atomic mass is 16.5. The van der Waals surface area contributed by atoms with Crippen LogP contribution < -0.4 is 4.74 Å². The van der Waals surface area contributed by atoms with Gasteiger partial charge in [-0.1, -0.05) is 0 Å². The Labute approximate surface area is 124 Å². The maximum absolute atomic E-state index is 12.6. The van der Waals surface area contributed by atoms with E-state index in [1.807, 2.05) is 12.1 Å². The van der Waals surface area contributed by atoms with E-state index in [2.05, 4.69) is 9.88 Å². The summed E-state index contributed by atoms with van der Waals surface area (Å²) < 4.78 is 11.5. The van der Waals surface area contributed by atoms with Crippen molar-refractivity contribution in [2.24, 2.45) is 11.8 Å². The van der Waals surface area contributed by atoms with Crippen molar-refractivity contribution in [3.63, 3.8) is 0 Å². The van der Waals surface area contributed by atoms with Crippen LogP contribution in [0.25, 0.3) is 0 Å². The summed E-state index contributed by atoms with van der Waals surface area (Å²) in [7, 11) is 0. The monoisotopic (exact) mass is 288 g/mol. The molecule has 5 nitrogen and oxygen atoms in total. The fourth-order valence-electron chi connectivity index (χ4n) is 3.91. The summed E-state index contributed by atoms with van der Waals surface area (Å²) in [6.07, 6.45) is 6.68. The predicted molar refractivity (Wildman–Crippen MR) is 75.8 cm³/mol. The van der Waals surface area contributed by atoms with Crippen molar-refractivity contribution in [1.29, 1.82) is 0 Å². The van der Waals surface area contributed by atoms with Gasteiger partial charge in [-0.15, -0.1) is 0 Å². The number of amides is 1. The van der Waals surface area contributed by atoms with Crippen molar-refractivity contribution in [3.05, 3.63) is 24.5 Å². The number of aromatic nitrogens is 1. The molecule has 2 saturated heterocycles. The van der Waals surface area contributed by atoms with Crippen LogP contribution in [0.1, 0.15) is 19.3 Å². The molecule has 0 spiro atoms. The van der Waals surface area contributed by atoms with Gasteiger partial charge < -0.3 is 14.4 Å². The van der Waals surface area contributed by atoms with Gasteiger partial charge in [0.25, 0.3) is 0 Å². The molecule has 1 aromatic heterocycles. The van der Waals surface area contributed by atoms with Crippen molar-refractivity contribution in [2.45, 2.75) is 31.4 Å². The van der Waals surface area contributed by atoms with Gasteiger partial charge in [-0.3, -0.25) is 9.78 Å². The van der Waals surface area contributed by atoms with Gasteiger partial charge in [0.1, 0.15) is 11.9 Å². The summed E-state index contributed by atoms with van der Waals surface area (Å²) in [4.78, 5) is 18.8. The first kappa shape index (κ1) is 13.1. The van der Waals surface area contributed by atoms with Crippen LogP contribution in [0, 0.1) is 11.8 Å². The third-order valence-corrected chi connectivity index (χ3v) is 4.98. The van der Waals surface area contributed by atoms with Gasteiger partial charge >= 0.3 is 0 Å². The number of ether oxygens (including phenoxy) is 2. The average molecular weight is 288 g/mol. The molecule has 2 bridgehead atoms. The minimum atomic E-state index is 0.0587. The molecule has 4 atom stereocenters. The van der Waals surface area contributed by atoms with Gasteiger partial charge in [0.15, 0.2) is 0 Å². The van der Waals surface area contributed by atoms with Crippen LogP contribution in [-0.4, -0.2) is 47.7 Å². The third-order valence-electron chi connectivity index (χ3n) is 4.98. The zero-order valence-electron chi connectivity index (χ0n) is 12.0. The molecule has 112 valence electrons. The molecule has 1 saturated carbocycles. The number of pyridine rings is 1. The molecule has 3 aliphatic rings. The van der Waals surface area contributed by atoms with Gasteiger partial charge in [-0.2, -0.15) is 0 Å². The first-order chi connectivity index (χ1) is 10.3. The smallest absolute Gasteiger partial charge is 0.228 e. The van der Waals surface area contributed by atoms with Gasteiger partial charge in [0.2, 0.25) is 5.91 Å². The van der Waals surface area contributed by atoms with Crippen molar-refractivity contribution in [3.8, 4) is 5.75 Å². The number of carbonyl (C=O) groups excluding carboxylic acids is 1. The SMILES string of the molecule is O=C([C@@H]1CCOC1)N1C[C@H]2CC[C@H]1[C@@H]2Oc1cccnc1. The van der Waals surface area contributed by atoms with Gasteiger partial charge in [-0.25, -0.2) is 0 Å². The van der Waals surface area contributed by atoms with E-state index >= 15 is 0 Å². The topological polar surface area (TPSA) is 51.7 Å². The van der Waals surface area contributed by atoms with E-state index in [1.54, 1.807) is 12.4 Å². The Morgan fingerprint density at radius 1 is 1.38 bits per heavy atom. The molecular formula is C16H20N2O3. The molecule has 0 radical (unpaired) electrons. The van der Waals surface area contributed by atoms with Crippen molar-refractivity contribution < 1.29 is 14.3 Å². The molecule has 3 heterocycles. The standard InChI is InChI=1S/C16H20N2O3/c19-16(12-5-7-20-10-12)18-9-11-3-4-14(18)15(11)21-13-2-1-6-17-8-13/h1-2,6,8,11-12,14-15H,3-5,7,9-10H2/t11-,12-,14+,15-/m1/s1. The summed E-state index contributed by atoms with van der Waals surface area (Å²) in [6.45, 7) is 2.14. The molecule has 0 unspecified atom stereocenters. The quantitative estimate of drug-likeness (QED) is 0.845. The third kappa shape index (κ3) is 2.29. The number of rotatable bonds is 3. The van der Waals surface area contributed by atoms with Crippen LogP contribution in [0.15, 0.2) is 24.5 Å². The van der Waals surface area contributed by atoms with Crippen LogP contribution in [-0.2, 0) is 9.53 Å². The van der Waals surface area contributed by atoms with Crippen LogP contribution >= 0.6 is 0 Å². The Balaban J connectivity index is 1.47. The Morgan fingerprint density at radius 2 is 2.33 bits per heavy atom. The Morgan fingerprint density at radius 3 is 3.10 bits per heavy atom. The lowest BCUT2D eigenvalue weighted by Gasteiger charge is -2.29. The average Bonchev–Trinajstić information content (AvgIpc) is 3.24. The van der Waals surface area contributed by atoms with Crippen LogP contribution in [0.2, 0.25) is 0 Å². The lowest BCUT2D eigenvalue weighted by Crippen LogP contribution is -2.43. The number of fused-ring (bicyclic) bond motifs is 2. The summed E-state index contributed by atoms with van der Waals surface area (Å²) in [5.74, 6) is 1.59. The molecule has 4 rings (SSSR count). The summed E-state index contributed by atoms with van der Waals surface area (Å²) in [5.41, 5.74) is 0. The van der Waals surface area contributed by atoms with E-state index in [-0.39, 0.29) is 24.0 Å². The molecular weight excluding hydrogens is 268 g/mol. The molecule has 5 heteroatoms. The van der Waals surface area contributed by atoms with Gasteiger partial charge in [-0.05, 0) is 31.4 Å². The second kappa shape index (κ2) is 5.30. The van der Waals surface area contributed by atoms with Crippen molar-refractivity contribution in [2.75, 3.05) is 19.8 Å². The molecule has 2 aliphatic heterocycles. The van der Waals surface area contributed by atoms with Crippen molar-refractivity contribution >= 4 is 5.91 Å². The fourth-order valence-corrected chi connectivity index (χ4v) is 3.91. The molecule has 0 aromatic carbocycles. The molecule has 0 N–H and O–H groups in total. The molecule has 1 amide bonds. The van der Waals surface area contributed by atoms with E-state index in [4.69, 9.17) is 9.47 Å². The zero-order valence-corrected chi connectivity index (χ0v) is 12.0. The van der Waals surface area contributed by atoms with Gasteiger partial charge in [0, 0.05) is 25.3 Å². The van der Waals surface area contributed by atoms with E-state index in [1.165, 1.54) is 0 Å². The summed E-state index contributed by atoms with van der Waals surface area (Å²) in [5, 5.41) is 0. The van der Waals surface area contributed by atoms with Crippen LogP contribution in [0.4, 0.5) is 0 Å². The van der Waals surface area contributed by atoms with Crippen LogP contribution in [0.5, 0.6) is 5.75 Å². The highest BCUT2D eigenvalue weighted by molar-refractivity contribution is 5.80. The van der Waals surface area contributed by atoms with E-state index in [0.717, 1.165) is 31.6 Å². The number of likely N-dealkylation sites (tertiary alicyclic amines) is 1. The van der Waals surface area contributed by atoms with E-state index in [0.29, 0.717) is 19.1 Å². The van der Waals surface area contributed by atoms with E-state index < -0.39 is 0 Å². The minimum Gasteiger partial charge on any atom is -0.486 e. The number of nitrogens with zero attached hydrogens (tertiary/aromatic N) is 2. The van der Waals surface area contributed by atoms with E-state index in [9.17, 15) is 4.79 Å². The molecule has 1 aliphatic carbocycles. The Bertz CT molecular complexity index is 516. The normalized spacial score (nSPS) is 34.4. The number of hydrogen-bond acceptors (Lipinski definition) is 4. The summed E-state index contributed by atoms with van der Waals surface area (Å²) in [6, 6.07) is 4.04. The first-order valence-corrected chi connectivity index (χ1v) is 7.78. The Kier molecular flexibility index (Phi) is 3.30. The highest BCUT2D eigenvalue weighted by Gasteiger charge is 2.51. The predicted octanol–water partition coefficient (Wildman–Crippen LogP) is 1.49. The second-order valence-corrected chi connectivity index (χ2v) is 6.23. The first-order valence-electron chi connectivity index (χ1n) is 7.78. The fraction of sp³-hybridized carbons (Fsp3) is 0.625. The molecule has 3 fully saturated rings. The number of piperidine rings is 1. The lowest BCUT2D eigenvalue weighted by atomic mass is 10.0. The highest BCUT2D eigenvalue weighted by Crippen LogP contribution is 2.41. The number of hydrogen-bond donors (Lipinski definition) is 0. The maximum atomic E-state index is 12.6. The van der Waals surface area contributed by atoms with Gasteiger partial charge in [0.05, 0.1) is 24.8 Å². The maximum Gasteiger partial charge on any atom is 0.228 e. The molecule has 1 aromatic rings. The minimum absolute atomic E-state index is 0.0587. The second-order valence-electron chi connectivity index (χ2n) is 6.23. The summed E-state index contributed by atoms with van der Waals surface area (Å²) >= 11 is 0. The Hall–Kier alpha value is -1.62.